The number of hydrogen-bond acceptors (Lipinski definition) is 3. The maximum Gasteiger partial charge on any atom is 0.212 e. The first-order chi connectivity index (χ1) is 11.0. The second kappa shape index (κ2) is 6.19. The predicted molar refractivity (Wildman–Crippen MR) is 99.3 cm³/mol. The summed E-state index contributed by atoms with van der Waals surface area (Å²) in [5.74, 6) is 0. The smallest absolute Gasteiger partial charge is 0.212 e. The van der Waals surface area contributed by atoms with Gasteiger partial charge in [-0.05, 0) is 32.6 Å². The fraction of sp³-hybridized carbons (Fsp3) is 0.474. The monoisotopic (exact) mass is 341 g/mol. The topological polar surface area (TPSA) is 61.7 Å². The molecule has 1 heterocycles. The minimum atomic E-state index is -2.00. The Labute approximate surface area is 146 Å². The number of aromatic amines is 1. The highest BCUT2D eigenvalue weighted by Gasteiger charge is 2.42. The zero-order valence-electron chi connectivity index (χ0n) is 15.7. The van der Waals surface area contributed by atoms with E-state index >= 15 is 0 Å². The number of benzene rings is 1. The van der Waals surface area contributed by atoms with Crippen molar-refractivity contribution >= 4 is 8.32 Å². The van der Waals surface area contributed by atoms with Gasteiger partial charge >= 0.3 is 0 Å². The van der Waals surface area contributed by atoms with Gasteiger partial charge in [0.2, 0.25) is 5.60 Å². The number of nitrogens with zero attached hydrogens (tertiary/aromatic N) is 2. The molecule has 0 aliphatic carbocycles. The molecule has 0 saturated heterocycles. The van der Waals surface area contributed by atoms with E-state index < -0.39 is 13.9 Å². The summed E-state index contributed by atoms with van der Waals surface area (Å²) in [7, 11) is -2.00. The van der Waals surface area contributed by atoms with E-state index in [1.807, 2.05) is 37.3 Å². The summed E-state index contributed by atoms with van der Waals surface area (Å²) in [4.78, 5) is 0. The number of aromatic nitrogens is 2. The van der Waals surface area contributed by atoms with Crippen molar-refractivity contribution < 1.29 is 4.43 Å². The van der Waals surface area contributed by atoms with E-state index in [9.17, 15) is 5.26 Å². The molecule has 4 nitrogen and oxygen atoms in total. The Bertz CT molecular complexity index is 745. The van der Waals surface area contributed by atoms with Crippen molar-refractivity contribution in [2.45, 2.75) is 58.4 Å². The summed E-state index contributed by atoms with van der Waals surface area (Å²) in [6.07, 6.45) is 0. The standard InChI is InChI=1S/C19H27N3OSi/c1-14-8-10-15(11-9-14)19(13-20,23-24(5,6)7)17-12-16(21-22-17)18(2,3)4/h8-12H,1-7H3,(H,21,22). The van der Waals surface area contributed by atoms with Gasteiger partial charge in [0.1, 0.15) is 6.07 Å². The lowest BCUT2D eigenvalue weighted by Crippen LogP contribution is -2.41. The van der Waals surface area contributed by atoms with Crippen LogP contribution in [0.4, 0.5) is 0 Å². The minimum Gasteiger partial charge on any atom is -0.392 e. The van der Waals surface area contributed by atoms with Gasteiger partial charge in [-0.15, -0.1) is 0 Å². The van der Waals surface area contributed by atoms with Crippen LogP contribution in [0.15, 0.2) is 30.3 Å². The third-order valence-electron chi connectivity index (χ3n) is 3.80. The Morgan fingerprint density at radius 2 is 1.71 bits per heavy atom. The van der Waals surface area contributed by atoms with Crippen LogP contribution >= 0.6 is 0 Å². The number of H-pyrrole nitrogens is 1. The van der Waals surface area contributed by atoms with Crippen molar-refractivity contribution in [3.05, 3.63) is 52.8 Å². The van der Waals surface area contributed by atoms with Gasteiger partial charge < -0.3 is 4.43 Å². The minimum absolute atomic E-state index is 0.0949. The maximum absolute atomic E-state index is 10.1. The van der Waals surface area contributed by atoms with Gasteiger partial charge in [0.05, 0.1) is 11.4 Å². The third kappa shape index (κ3) is 3.77. The first kappa shape index (κ1) is 18.4. The SMILES string of the molecule is Cc1ccc(C(C#N)(O[Si](C)(C)C)c2cc(C(C)(C)C)n[nH]2)cc1. The fourth-order valence-corrected chi connectivity index (χ4v) is 3.74. The average molecular weight is 342 g/mol. The van der Waals surface area contributed by atoms with Crippen molar-refractivity contribution in [1.29, 1.82) is 5.26 Å². The van der Waals surface area contributed by atoms with Crippen LogP contribution in [0.3, 0.4) is 0 Å². The molecule has 2 rings (SSSR count). The van der Waals surface area contributed by atoms with E-state index in [4.69, 9.17) is 4.43 Å². The van der Waals surface area contributed by atoms with Crippen LogP contribution < -0.4 is 0 Å². The van der Waals surface area contributed by atoms with Gasteiger partial charge in [-0.25, -0.2) is 0 Å². The molecular formula is C19H27N3OSi. The molecule has 5 heteroatoms. The van der Waals surface area contributed by atoms with E-state index in [2.05, 4.69) is 56.7 Å². The lowest BCUT2D eigenvalue weighted by Gasteiger charge is -2.33. The maximum atomic E-state index is 10.1. The Morgan fingerprint density at radius 1 is 1.12 bits per heavy atom. The molecule has 128 valence electrons. The molecule has 1 aromatic heterocycles. The van der Waals surface area contributed by atoms with Gasteiger partial charge in [-0.2, -0.15) is 10.4 Å². The lowest BCUT2D eigenvalue weighted by molar-refractivity contribution is 0.158. The molecule has 0 saturated carbocycles. The average Bonchev–Trinajstić information content (AvgIpc) is 2.95. The van der Waals surface area contributed by atoms with E-state index in [1.165, 1.54) is 0 Å². The Balaban J connectivity index is 2.64. The molecule has 0 fully saturated rings. The molecule has 2 aromatic rings. The van der Waals surface area contributed by atoms with E-state index in [0.29, 0.717) is 5.69 Å². The van der Waals surface area contributed by atoms with E-state index in [1.54, 1.807) is 0 Å². The molecule has 0 bridgehead atoms. The number of nitriles is 1. The van der Waals surface area contributed by atoms with Crippen LogP contribution in [0.1, 0.15) is 43.3 Å². The van der Waals surface area contributed by atoms with E-state index in [0.717, 1.165) is 16.8 Å². The second-order valence-corrected chi connectivity index (χ2v) is 12.7. The van der Waals surface area contributed by atoms with Crippen LogP contribution in [0.2, 0.25) is 19.6 Å². The van der Waals surface area contributed by atoms with Crippen LogP contribution in [-0.2, 0) is 15.4 Å². The summed E-state index contributed by atoms with van der Waals surface area (Å²) in [6.45, 7) is 14.6. The molecule has 0 aliphatic heterocycles. The molecule has 1 atom stereocenters. The van der Waals surface area contributed by atoms with Crippen LogP contribution in [0, 0.1) is 18.3 Å². The highest BCUT2D eigenvalue weighted by molar-refractivity contribution is 6.69. The highest BCUT2D eigenvalue weighted by Crippen LogP contribution is 2.36. The molecule has 0 aliphatic rings. The molecule has 0 amide bonds. The van der Waals surface area contributed by atoms with Gasteiger partial charge in [0, 0.05) is 11.0 Å². The van der Waals surface area contributed by atoms with Crippen molar-refractivity contribution in [2.75, 3.05) is 0 Å². The second-order valence-electron chi connectivity index (χ2n) is 8.29. The zero-order valence-corrected chi connectivity index (χ0v) is 16.7. The predicted octanol–water partition coefficient (Wildman–Crippen LogP) is 4.63. The normalized spacial score (nSPS) is 14.9. The Kier molecular flexibility index (Phi) is 4.76. The number of nitrogens with one attached hydrogen (secondary N) is 1. The van der Waals surface area contributed by atoms with Crippen LogP contribution in [0.25, 0.3) is 0 Å². The molecule has 1 N–H and O–H groups in total. The summed E-state index contributed by atoms with van der Waals surface area (Å²) in [5, 5.41) is 17.6. The lowest BCUT2D eigenvalue weighted by atomic mass is 9.88. The highest BCUT2D eigenvalue weighted by atomic mass is 28.4. The van der Waals surface area contributed by atoms with Crippen molar-refractivity contribution in [1.82, 2.24) is 10.2 Å². The quantitative estimate of drug-likeness (QED) is 0.824. The molecule has 0 radical (unpaired) electrons. The van der Waals surface area contributed by atoms with Gasteiger partial charge in [0.15, 0.2) is 8.32 Å². The Morgan fingerprint density at radius 3 is 2.12 bits per heavy atom. The fourth-order valence-electron chi connectivity index (χ4n) is 2.55. The summed E-state index contributed by atoms with van der Waals surface area (Å²) < 4.78 is 6.42. The largest absolute Gasteiger partial charge is 0.392 e. The first-order valence-electron chi connectivity index (χ1n) is 8.23. The van der Waals surface area contributed by atoms with Gasteiger partial charge in [-0.1, -0.05) is 50.6 Å². The first-order valence-corrected chi connectivity index (χ1v) is 11.6. The molecular weight excluding hydrogens is 314 g/mol. The van der Waals surface area contributed by atoms with Crippen molar-refractivity contribution in [3.8, 4) is 6.07 Å². The van der Waals surface area contributed by atoms with E-state index in [-0.39, 0.29) is 5.41 Å². The zero-order chi connectivity index (χ0) is 18.2. The van der Waals surface area contributed by atoms with Crippen LogP contribution in [-0.4, -0.2) is 18.5 Å². The third-order valence-corrected chi connectivity index (χ3v) is 4.72. The molecule has 0 spiro atoms. The summed E-state index contributed by atoms with van der Waals surface area (Å²) in [6, 6.07) is 12.3. The van der Waals surface area contributed by atoms with Crippen molar-refractivity contribution in [2.24, 2.45) is 0 Å². The summed E-state index contributed by atoms with van der Waals surface area (Å²) >= 11 is 0. The van der Waals surface area contributed by atoms with Gasteiger partial charge in [-0.3, -0.25) is 5.10 Å². The summed E-state index contributed by atoms with van der Waals surface area (Å²) in [5.41, 5.74) is 2.35. The van der Waals surface area contributed by atoms with Gasteiger partial charge in [0.25, 0.3) is 0 Å². The molecule has 1 unspecified atom stereocenters. The number of aryl methyl sites for hydroxylation is 1. The Hall–Kier alpha value is -1.90. The number of hydrogen-bond donors (Lipinski definition) is 1. The molecule has 1 aromatic carbocycles. The molecule has 24 heavy (non-hydrogen) atoms. The van der Waals surface area contributed by atoms with Crippen LogP contribution in [0.5, 0.6) is 0 Å². The van der Waals surface area contributed by atoms with Crippen molar-refractivity contribution in [3.63, 3.8) is 0 Å². The number of rotatable bonds is 4.